The van der Waals surface area contributed by atoms with E-state index in [1.54, 1.807) is 24.5 Å². The Morgan fingerprint density at radius 1 is 1.12 bits per heavy atom. The predicted molar refractivity (Wildman–Crippen MR) is 129 cm³/mol. The normalized spacial score (nSPS) is 11.2. The van der Waals surface area contributed by atoms with Gasteiger partial charge in [0, 0.05) is 17.4 Å². The molecule has 0 radical (unpaired) electrons. The van der Waals surface area contributed by atoms with Gasteiger partial charge >= 0.3 is 6.09 Å². The molecule has 0 aliphatic carbocycles. The number of carbonyl (C=O) groups excluding carboxylic acids is 1. The standard InChI is InChI=1S/C26H29N3O3/c1-4-7-8-9-17-31-23-15-16-25-24(18-23)27-19-29(25)21-13-11-20(12-14-21)28-26(30)32-22(6-3)10-5-2/h5-6,10-16,18-19H,2-4,7-9,17H2,1H3,(H,28,30)/b22-10+. The molecule has 0 aliphatic heterocycles. The zero-order valence-electron chi connectivity index (χ0n) is 18.4. The smallest absolute Gasteiger partial charge is 0.417 e. The highest BCUT2D eigenvalue weighted by Gasteiger charge is 2.08. The molecule has 0 spiro atoms. The van der Waals surface area contributed by atoms with Crippen molar-refractivity contribution in [2.75, 3.05) is 11.9 Å². The van der Waals surface area contributed by atoms with Crippen LogP contribution in [0, 0.1) is 0 Å². The van der Waals surface area contributed by atoms with Crippen LogP contribution in [-0.4, -0.2) is 22.3 Å². The molecule has 1 aromatic heterocycles. The number of hydrogen-bond donors (Lipinski definition) is 1. The second-order valence-corrected chi connectivity index (χ2v) is 7.24. The van der Waals surface area contributed by atoms with Gasteiger partial charge in [-0.2, -0.15) is 0 Å². The minimum Gasteiger partial charge on any atom is -0.494 e. The average molecular weight is 432 g/mol. The molecular weight excluding hydrogens is 402 g/mol. The second-order valence-electron chi connectivity index (χ2n) is 7.24. The molecule has 6 heteroatoms. The number of aromatic nitrogens is 2. The van der Waals surface area contributed by atoms with E-state index in [4.69, 9.17) is 9.47 Å². The molecular formula is C26H29N3O3. The predicted octanol–water partition coefficient (Wildman–Crippen LogP) is 6.79. The van der Waals surface area contributed by atoms with E-state index in [0.29, 0.717) is 11.4 Å². The third-order valence-corrected chi connectivity index (χ3v) is 4.87. The summed E-state index contributed by atoms with van der Waals surface area (Å²) in [5.74, 6) is 1.16. The molecule has 0 bridgehead atoms. The molecule has 3 rings (SSSR count). The topological polar surface area (TPSA) is 65.4 Å². The Kier molecular flexibility index (Phi) is 8.26. The molecule has 6 nitrogen and oxygen atoms in total. The van der Waals surface area contributed by atoms with Crippen LogP contribution in [0.25, 0.3) is 16.7 Å². The Bertz CT molecular complexity index is 1100. The molecule has 0 atom stereocenters. The van der Waals surface area contributed by atoms with Gasteiger partial charge in [-0.15, -0.1) is 0 Å². The second kappa shape index (κ2) is 11.6. The molecule has 1 N–H and O–H groups in total. The number of carbonyl (C=O) groups is 1. The average Bonchev–Trinajstić information content (AvgIpc) is 3.22. The van der Waals surface area contributed by atoms with E-state index < -0.39 is 6.09 Å². The van der Waals surface area contributed by atoms with Gasteiger partial charge in [0.05, 0.1) is 17.6 Å². The first-order valence-corrected chi connectivity index (χ1v) is 10.8. The minimum atomic E-state index is -0.596. The number of unbranched alkanes of at least 4 members (excludes halogenated alkanes) is 3. The van der Waals surface area contributed by atoms with Gasteiger partial charge in [-0.3, -0.25) is 9.88 Å². The highest BCUT2D eigenvalue weighted by Crippen LogP contribution is 2.24. The number of benzene rings is 2. The fourth-order valence-electron chi connectivity index (χ4n) is 3.22. The van der Waals surface area contributed by atoms with E-state index in [2.05, 4.69) is 30.4 Å². The number of hydrogen-bond acceptors (Lipinski definition) is 4. The monoisotopic (exact) mass is 431 g/mol. The maximum absolute atomic E-state index is 12.0. The molecule has 0 saturated heterocycles. The van der Waals surface area contributed by atoms with Gasteiger partial charge in [0.1, 0.15) is 17.8 Å². The number of amides is 1. The molecule has 3 aromatic rings. The SMILES string of the molecule is C=C/C=C(\C=C)OC(=O)Nc1ccc(-n2cnc3cc(OCCCCCC)ccc32)cc1. The third-order valence-electron chi connectivity index (χ3n) is 4.87. The molecule has 32 heavy (non-hydrogen) atoms. The molecule has 1 amide bonds. The first kappa shape index (κ1) is 22.9. The summed E-state index contributed by atoms with van der Waals surface area (Å²) >= 11 is 0. The fourth-order valence-corrected chi connectivity index (χ4v) is 3.22. The minimum absolute atomic E-state index is 0.323. The van der Waals surface area contributed by atoms with E-state index in [-0.39, 0.29) is 0 Å². The van der Waals surface area contributed by atoms with Gasteiger partial charge < -0.3 is 9.47 Å². The van der Waals surface area contributed by atoms with Crippen molar-refractivity contribution in [1.29, 1.82) is 0 Å². The van der Waals surface area contributed by atoms with Crippen LogP contribution >= 0.6 is 0 Å². The third kappa shape index (κ3) is 6.11. The van der Waals surface area contributed by atoms with Crippen LogP contribution < -0.4 is 10.1 Å². The van der Waals surface area contributed by atoms with E-state index in [1.165, 1.54) is 31.4 Å². The molecule has 0 fully saturated rings. The van der Waals surface area contributed by atoms with Crippen LogP contribution in [0.3, 0.4) is 0 Å². The summed E-state index contributed by atoms with van der Waals surface area (Å²) in [6.45, 7) is 10.1. The van der Waals surface area contributed by atoms with Crippen LogP contribution in [0.15, 0.2) is 85.9 Å². The highest BCUT2D eigenvalue weighted by molar-refractivity contribution is 5.86. The summed E-state index contributed by atoms with van der Waals surface area (Å²) < 4.78 is 13.0. The zero-order chi connectivity index (χ0) is 22.8. The Hall–Kier alpha value is -3.80. The van der Waals surface area contributed by atoms with Crippen LogP contribution in [0.2, 0.25) is 0 Å². The number of fused-ring (bicyclic) bond motifs is 1. The summed E-state index contributed by atoms with van der Waals surface area (Å²) in [6, 6.07) is 13.4. The van der Waals surface area contributed by atoms with Gasteiger partial charge in [-0.05, 0) is 55.0 Å². The number of nitrogens with one attached hydrogen (secondary N) is 1. The molecule has 0 unspecified atom stereocenters. The maximum atomic E-state index is 12.0. The molecule has 0 aliphatic rings. The lowest BCUT2D eigenvalue weighted by Crippen LogP contribution is -2.12. The highest BCUT2D eigenvalue weighted by atomic mass is 16.6. The molecule has 166 valence electrons. The van der Waals surface area contributed by atoms with Crippen molar-refractivity contribution in [2.24, 2.45) is 0 Å². The lowest BCUT2D eigenvalue weighted by Gasteiger charge is -2.09. The fraction of sp³-hybridized carbons (Fsp3) is 0.231. The molecule has 1 heterocycles. The van der Waals surface area contributed by atoms with Crippen molar-refractivity contribution in [3.8, 4) is 11.4 Å². The first-order valence-electron chi connectivity index (χ1n) is 10.8. The van der Waals surface area contributed by atoms with Crippen molar-refractivity contribution < 1.29 is 14.3 Å². The van der Waals surface area contributed by atoms with E-state index in [1.807, 2.05) is 34.9 Å². The molecule has 2 aromatic carbocycles. The van der Waals surface area contributed by atoms with Gasteiger partial charge in [0.25, 0.3) is 0 Å². The lowest BCUT2D eigenvalue weighted by molar-refractivity contribution is 0.195. The van der Waals surface area contributed by atoms with Crippen molar-refractivity contribution >= 4 is 22.8 Å². The lowest BCUT2D eigenvalue weighted by atomic mass is 10.2. The van der Waals surface area contributed by atoms with Gasteiger partial charge in [0.2, 0.25) is 0 Å². The Balaban J connectivity index is 1.64. The van der Waals surface area contributed by atoms with Gasteiger partial charge in [-0.25, -0.2) is 9.78 Å². The Morgan fingerprint density at radius 3 is 2.66 bits per heavy atom. The number of rotatable bonds is 11. The van der Waals surface area contributed by atoms with Crippen molar-refractivity contribution in [1.82, 2.24) is 9.55 Å². The van der Waals surface area contributed by atoms with Crippen molar-refractivity contribution in [3.63, 3.8) is 0 Å². The van der Waals surface area contributed by atoms with Crippen molar-refractivity contribution in [3.05, 3.63) is 85.9 Å². The van der Waals surface area contributed by atoms with Crippen LogP contribution in [0.5, 0.6) is 5.75 Å². The summed E-state index contributed by atoms with van der Waals surface area (Å²) in [5.41, 5.74) is 3.39. The Labute approximate surface area is 188 Å². The zero-order valence-corrected chi connectivity index (χ0v) is 18.4. The first-order chi connectivity index (χ1) is 15.6. The van der Waals surface area contributed by atoms with E-state index in [0.717, 1.165) is 35.5 Å². The quantitative estimate of drug-likeness (QED) is 0.206. The number of nitrogens with zero attached hydrogens (tertiary/aromatic N) is 2. The van der Waals surface area contributed by atoms with Crippen LogP contribution in [0.4, 0.5) is 10.5 Å². The van der Waals surface area contributed by atoms with E-state index >= 15 is 0 Å². The van der Waals surface area contributed by atoms with Gasteiger partial charge in [0.15, 0.2) is 0 Å². The number of anilines is 1. The summed E-state index contributed by atoms with van der Waals surface area (Å²) in [7, 11) is 0. The summed E-state index contributed by atoms with van der Waals surface area (Å²) in [6.07, 6.45) is 10.4. The summed E-state index contributed by atoms with van der Waals surface area (Å²) in [4.78, 5) is 16.5. The van der Waals surface area contributed by atoms with Crippen LogP contribution in [0.1, 0.15) is 32.6 Å². The van der Waals surface area contributed by atoms with Crippen molar-refractivity contribution in [2.45, 2.75) is 32.6 Å². The Morgan fingerprint density at radius 2 is 1.94 bits per heavy atom. The number of ether oxygens (including phenoxy) is 2. The van der Waals surface area contributed by atoms with E-state index in [9.17, 15) is 4.79 Å². The van der Waals surface area contributed by atoms with Crippen LogP contribution in [-0.2, 0) is 4.74 Å². The number of allylic oxidation sites excluding steroid dienone is 3. The number of imidazole rings is 1. The largest absolute Gasteiger partial charge is 0.494 e. The summed E-state index contributed by atoms with van der Waals surface area (Å²) in [5, 5.41) is 2.69. The van der Waals surface area contributed by atoms with Gasteiger partial charge in [-0.1, -0.05) is 45.4 Å². The molecule has 0 saturated carbocycles. The maximum Gasteiger partial charge on any atom is 0.417 e.